The molecule has 5 heteroatoms. The van der Waals surface area contributed by atoms with Gasteiger partial charge in [0.2, 0.25) is 0 Å². The Morgan fingerprint density at radius 2 is 2.16 bits per heavy atom. The number of carbonyl (C=O) groups excluding carboxylic acids is 1. The minimum absolute atomic E-state index is 0.0454. The number of amides is 1. The van der Waals surface area contributed by atoms with Crippen molar-refractivity contribution in [3.63, 3.8) is 0 Å². The normalized spacial score (nSPS) is 11.9. The van der Waals surface area contributed by atoms with Crippen LogP contribution in [-0.2, 0) is 0 Å². The Bertz CT molecular complexity index is 587. The molecule has 19 heavy (non-hydrogen) atoms. The fourth-order valence-corrected chi connectivity index (χ4v) is 1.81. The van der Waals surface area contributed by atoms with Gasteiger partial charge in [0.25, 0.3) is 5.91 Å². The van der Waals surface area contributed by atoms with Gasteiger partial charge in [-0.25, -0.2) is 0 Å². The van der Waals surface area contributed by atoms with Gasteiger partial charge in [0.15, 0.2) is 0 Å². The first-order valence-corrected chi connectivity index (χ1v) is 6.16. The average molecular weight is 277 g/mol. The highest BCUT2D eigenvalue weighted by molar-refractivity contribution is 6.32. The Labute approximate surface area is 116 Å². The van der Waals surface area contributed by atoms with Gasteiger partial charge in [-0.2, -0.15) is 0 Å². The molecule has 1 atom stereocenters. The topological polar surface area (TPSA) is 62.2 Å². The van der Waals surface area contributed by atoms with Crippen LogP contribution in [0, 0.1) is 0 Å². The summed E-state index contributed by atoms with van der Waals surface area (Å²) in [5.41, 5.74) is 1.17. The summed E-state index contributed by atoms with van der Waals surface area (Å²) in [7, 11) is 0. The molecule has 2 aromatic rings. The second kappa shape index (κ2) is 5.71. The third-order valence-electron chi connectivity index (χ3n) is 2.69. The quantitative estimate of drug-likeness (QED) is 0.906. The van der Waals surface area contributed by atoms with Gasteiger partial charge in [0.1, 0.15) is 5.75 Å². The van der Waals surface area contributed by atoms with Crippen molar-refractivity contribution in [3.8, 4) is 5.75 Å². The van der Waals surface area contributed by atoms with Crippen molar-refractivity contribution in [1.82, 2.24) is 10.3 Å². The van der Waals surface area contributed by atoms with Crippen molar-refractivity contribution in [1.29, 1.82) is 0 Å². The number of phenolic OH excluding ortho intramolecular Hbond substituents is 1. The van der Waals surface area contributed by atoms with Crippen LogP contribution in [0.4, 0.5) is 0 Å². The zero-order valence-electron chi connectivity index (χ0n) is 10.3. The fourth-order valence-electron chi connectivity index (χ4n) is 1.63. The van der Waals surface area contributed by atoms with E-state index in [-0.39, 0.29) is 22.7 Å². The Morgan fingerprint density at radius 1 is 1.37 bits per heavy atom. The monoisotopic (exact) mass is 276 g/mol. The van der Waals surface area contributed by atoms with Crippen molar-refractivity contribution in [3.05, 3.63) is 58.9 Å². The second-order valence-corrected chi connectivity index (χ2v) is 4.52. The van der Waals surface area contributed by atoms with Crippen LogP contribution in [0.3, 0.4) is 0 Å². The van der Waals surface area contributed by atoms with Gasteiger partial charge < -0.3 is 10.4 Å². The van der Waals surface area contributed by atoms with Gasteiger partial charge in [-0.05, 0) is 37.3 Å². The Kier molecular flexibility index (Phi) is 4.02. The third-order valence-corrected chi connectivity index (χ3v) is 2.99. The smallest absolute Gasteiger partial charge is 0.251 e. The molecule has 0 spiro atoms. The van der Waals surface area contributed by atoms with Crippen LogP contribution in [0.15, 0.2) is 42.6 Å². The summed E-state index contributed by atoms with van der Waals surface area (Å²) in [5.74, 6) is -0.309. The molecule has 1 heterocycles. The van der Waals surface area contributed by atoms with Gasteiger partial charge in [-0.3, -0.25) is 9.78 Å². The van der Waals surface area contributed by atoms with E-state index in [1.165, 1.54) is 18.2 Å². The highest BCUT2D eigenvalue weighted by atomic mass is 35.5. The van der Waals surface area contributed by atoms with Crippen LogP contribution in [0.2, 0.25) is 5.02 Å². The molecule has 1 unspecified atom stereocenters. The number of aromatic hydroxyl groups is 1. The number of hydrogen-bond acceptors (Lipinski definition) is 3. The molecular weight excluding hydrogens is 264 g/mol. The first-order chi connectivity index (χ1) is 9.08. The van der Waals surface area contributed by atoms with Crippen LogP contribution in [0.1, 0.15) is 29.0 Å². The summed E-state index contributed by atoms with van der Waals surface area (Å²) in [5, 5.41) is 12.3. The van der Waals surface area contributed by atoms with Gasteiger partial charge in [-0.15, -0.1) is 0 Å². The molecule has 4 nitrogen and oxygen atoms in total. The number of hydrogen-bond donors (Lipinski definition) is 2. The fraction of sp³-hybridized carbons (Fsp3) is 0.143. The third kappa shape index (κ3) is 3.23. The van der Waals surface area contributed by atoms with E-state index < -0.39 is 0 Å². The molecule has 1 aromatic carbocycles. The van der Waals surface area contributed by atoms with E-state index in [2.05, 4.69) is 10.3 Å². The number of carbonyl (C=O) groups is 1. The predicted octanol–water partition coefficient (Wildman–Crippen LogP) is 2.93. The van der Waals surface area contributed by atoms with Crippen LogP contribution in [0.25, 0.3) is 0 Å². The number of aromatic nitrogens is 1. The number of pyridine rings is 1. The summed E-state index contributed by atoms with van der Waals surface area (Å²) in [6, 6.07) is 9.65. The lowest BCUT2D eigenvalue weighted by Gasteiger charge is -2.13. The second-order valence-electron chi connectivity index (χ2n) is 4.12. The molecule has 0 aliphatic carbocycles. The molecule has 2 rings (SSSR count). The Morgan fingerprint density at radius 3 is 2.79 bits per heavy atom. The van der Waals surface area contributed by atoms with Gasteiger partial charge in [0.05, 0.1) is 16.8 Å². The summed E-state index contributed by atoms with van der Waals surface area (Å²) in [6.45, 7) is 1.85. The first kappa shape index (κ1) is 13.4. The SMILES string of the molecule is CC(NC(=O)c1ccc(O)c(Cl)c1)c1ccccn1. The van der Waals surface area contributed by atoms with E-state index in [9.17, 15) is 9.90 Å². The molecule has 0 radical (unpaired) electrons. The van der Waals surface area contributed by atoms with E-state index in [1.54, 1.807) is 6.20 Å². The molecule has 0 bridgehead atoms. The van der Waals surface area contributed by atoms with Crippen LogP contribution < -0.4 is 5.32 Å². The zero-order valence-corrected chi connectivity index (χ0v) is 11.1. The number of benzene rings is 1. The van der Waals surface area contributed by atoms with Crippen LogP contribution in [-0.4, -0.2) is 16.0 Å². The molecule has 2 N–H and O–H groups in total. The van der Waals surface area contributed by atoms with Gasteiger partial charge in [0, 0.05) is 11.8 Å². The maximum Gasteiger partial charge on any atom is 0.251 e. The van der Waals surface area contributed by atoms with E-state index >= 15 is 0 Å². The predicted molar refractivity (Wildman–Crippen MR) is 73.2 cm³/mol. The lowest BCUT2D eigenvalue weighted by atomic mass is 10.1. The van der Waals surface area contributed by atoms with Crippen molar-refractivity contribution in [2.45, 2.75) is 13.0 Å². The Balaban J connectivity index is 2.11. The average Bonchev–Trinajstić information content (AvgIpc) is 2.42. The number of nitrogens with one attached hydrogen (secondary N) is 1. The highest BCUT2D eigenvalue weighted by Crippen LogP contribution is 2.23. The minimum atomic E-state index is -0.264. The molecule has 0 fully saturated rings. The standard InChI is InChI=1S/C14H13ClN2O2/c1-9(12-4-2-3-7-16-12)17-14(19)10-5-6-13(18)11(15)8-10/h2-9,18H,1H3,(H,17,19). The summed E-state index contributed by atoms with van der Waals surface area (Å²) < 4.78 is 0. The molecular formula is C14H13ClN2O2. The van der Waals surface area contributed by atoms with Crippen molar-refractivity contribution in [2.75, 3.05) is 0 Å². The largest absolute Gasteiger partial charge is 0.506 e. The summed E-state index contributed by atoms with van der Waals surface area (Å²) >= 11 is 5.77. The molecule has 1 aromatic heterocycles. The number of nitrogens with zero attached hydrogens (tertiary/aromatic N) is 1. The molecule has 0 saturated carbocycles. The molecule has 0 aliphatic rings. The maximum absolute atomic E-state index is 12.0. The summed E-state index contributed by atoms with van der Waals surface area (Å²) in [6.07, 6.45) is 1.68. The first-order valence-electron chi connectivity index (χ1n) is 5.78. The van der Waals surface area contributed by atoms with Crippen molar-refractivity contribution in [2.24, 2.45) is 0 Å². The number of rotatable bonds is 3. The minimum Gasteiger partial charge on any atom is -0.506 e. The van der Waals surface area contributed by atoms with Crippen molar-refractivity contribution < 1.29 is 9.90 Å². The molecule has 1 amide bonds. The van der Waals surface area contributed by atoms with Gasteiger partial charge >= 0.3 is 0 Å². The van der Waals surface area contributed by atoms with E-state index in [0.29, 0.717) is 5.56 Å². The zero-order chi connectivity index (χ0) is 13.8. The molecule has 98 valence electrons. The number of phenols is 1. The van der Waals surface area contributed by atoms with E-state index in [4.69, 9.17) is 11.6 Å². The lowest BCUT2D eigenvalue weighted by molar-refractivity contribution is 0.0939. The highest BCUT2D eigenvalue weighted by Gasteiger charge is 2.13. The van der Waals surface area contributed by atoms with E-state index in [0.717, 1.165) is 5.69 Å². The Hall–Kier alpha value is -2.07. The van der Waals surface area contributed by atoms with Crippen molar-refractivity contribution >= 4 is 17.5 Å². The summed E-state index contributed by atoms with van der Waals surface area (Å²) in [4.78, 5) is 16.2. The van der Waals surface area contributed by atoms with E-state index in [1.807, 2.05) is 25.1 Å². The van der Waals surface area contributed by atoms with Crippen LogP contribution in [0.5, 0.6) is 5.75 Å². The number of halogens is 1. The molecule has 0 saturated heterocycles. The van der Waals surface area contributed by atoms with Crippen LogP contribution >= 0.6 is 11.6 Å². The van der Waals surface area contributed by atoms with Gasteiger partial charge in [-0.1, -0.05) is 17.7 Å². The maximum atomic E-state index is 12.0. The molecule has 0 aliphatic heterocycles. The lowest BCUT2D eigenvalue weighted by Crippen LogP contribution is -2.27.